The summed E-state index contributed by atoms with van der Waals surface area (Å²) in [5.41, 5.74) is 3.37. The maximum absolute atomic E-state index is 12.6. The maximum Gasteiger partial charge on any atom is 0.236 e. The van der Waals surface area contributed by atoms with Gasteiger partial charge < -0.3 is 15.4 Å². The molecule has 10 heteroatoms. The number of ether oxygens (including phenoxy) is 1. The van der Waals surface area contributed by atoms with Gasteiger partial charge in [0, 0.05) is 30.7 Å². The number of hydrogen-bond donors (Lipinski definition) is 3. The molecule has 1 aliphatic heterocycles. The van der Waals surface area contributed by atoms with Crippen LogP contribution in [-0.2, 0) is 15.8 Å². The second kappa shape index (κ2) is 11.6. The summed E-state index contributed by atoms with van der Waals surface area (Å²) < 4.78 is 34.1. The maximum atomic E-state index is 12.6. The van der Waals surface area contributed by atoms with E-state index in [9.17, 15) is 8.42 Å². The average Bonchev–Trinajstić information content (AvgIpc) is 2.91. The highest BCUT2D eigenvalue weighted by Crippen LogP contribution is 2.33. The summed E-state index contributed by atoms with van der Waals surface area (Å²) in [6, 6.07) is 20.1. The average molecular weight is 531 g/mol. The summed E-state index contributed by atoms with van der Waals surface area (Å²) in [4.78, 5) is 13.5. The van der Waals surface area contributed by atoms with Gasteiger partial charge in [0.1, 0.15) is 5.75 Å². The molecule has 4 aromatic rings. The Morgan fingerprint density at radius 2 is 1.89 bits per heavy atom. The van der Waals surface area contributed by atoms with Crippen LogP contribution in [0.2, 0.25) is 0 Å². The molecule has 0 aliphatic carbocycles. The SMILES string of the molecule is Cc1cc(NS(=O)(=O)Cc2ccccc2)ccc1Oc1ncccc1-c1ccnc(NC2CCCNC2)n1. The topological polar surface area (TPSA) is 118 Å². The molecule has 3 heterocycles. The minimum atomic E-state index is -3.56. The first-order chi connectivity index (χ1) is 18.4. The summed E-state index contributed by atoms with van der Waals surface area (Å²) in [7, 11) is -3.56. The number of nitrogens with zero attached hydrogens (tertiary/aromatic N) is 3. The highest BCUT2D eigenvalue weighted by Gasteiger charge is 2.17. The van der Waals surface area contributed by atoms with Gasteiger partial charge in [-0.05, 0) is 73.8 Å². The molecule has 0 amide bonds. The minimum Gasteiger partial charge on any atom is -0.438 e. The number of hydrogen-bond acceptors (Lipinski definition) is 8. The van der Waals surface area contributed by atoms with Crippen molar-refractivity contribution in [3.05, 3.63) is 90.3 Å². The van der Waals surface area contributed by atoms with Crippen LogP contribution in [0.3, 0.4) is 0 Å². The molecule has 3 N–H and O–H groups in total. The third kappa shape index (κ3) is 6.64. The molecule has 196 valence electrons. The smallest absolute Gasteiger partial charge is 0.236 e. The van der Waals surface area contributed by atoms with Crippen LogP contribution in [0.4, 0.5) is 11.6 Å². The van der Waals surface area contributed by atoms with Crippen molar-refractivity contribution in [2.24, 2.45) is 0 Å². The van der Waals surface area contributed by atoms with Crippen molar-refractivity contribution < 1.29 is 13.2 Å². The number of aromatic nitrogens is 3. The first-order valence-electron chi connectivity index (χ1n) is 12.5. The van der Waals surface area contributed by atoms with Gasteiger partial charge in [0.15, 0.2) is 0 Å². The van der Waals surface area contributed by atoms with Crippen molar-refractivity contribution in [1.29, 1.82) is 0 Å². The third-order valence-electron chi connectivity index (χ3n) is 6.19. The summed E-state index contributed by atoms with van der Waals surface area (Å²) in [5.74, 6) is 1.43. The molecule has 1 fully saturated rings. The Bertz CT molecular complexity index is 1490. The molecule has 0 saturated carbocycles. The van der Waals surface area contributed by atoms with Gasteiger partial charge in [-0.1, -0.05) is 30.3 Å². The molecule has 0 radical (unpaired) electrons. The summed E-state index contributed by atoms with van der Waals surface area (Å²) >= 11 is 0. The Morgan fingerprint density at radius 1 is 1.03 bits per heavy atom. The van der Waals surface area contributed by atoms with Crippen molar-refractivity contribution in [3.63, 3.8) is 0 Å². The van der Waals surface area contributed by atoms with E-state index in [0.29, 0.717) is 29.0 Å². The fourth-order valence-electron chi connectivity index (χ4n) is 4.34. The van der Waals surface area contributed by atoms with E-state index in [-0.39, 0.29) is 11.8 Å². The highest BCUT2D eigenvalue weighted by molar-refractivity contribution is 7.91. The van der Waals surface area contributed by atoms with E-state index in [1.54, 1.807) is 42.7 Å². The van der Waals surface area contributed by atoms with Crippen LogP contribution in [0.5, 0.6) is 11.6 Å². The molecule has 9 nitrogen and oxygen atoms in total. The van der Waals surface area contributed by atoms with Gasteiger partial charge in [-0.25, -0.2) is 23.4 Å². The van der Waals surface area contributed by atoms with Gasteiger partial charge in [0.2, 0.25) is 21.9 Å². The highest BCUT2D eigenvalue weighted by atomic mass is 32.2. The van der Waals surface area contributed by atoms with E-state index < -0.39 is 10.0 Å². The van der Waals surface area contributed by atoms with Crippen LogP contribution < -0.4 is 20.1 Å². The number of benzene rings is 2. The largest absolute Gasteiger partial charge is 0.438 e. The summed E-state index contributed by atoms with van der Waals surface area (Å²) in [5, 5.41) is 6.79. The van der Waals surface area contributed by atoms with E-state index in [1.807, 2.05) is 43.3 Å². The monoisotopic (exact) mass is 530 g/mol. The quantitative estimate of drug-likeness (QED) is 0.284. The van der Waals surface area contributed by atoms with Crippen molar-refractivity contribution in [2.45, 2.75) is 31.6 Å². The van der Waals surface area contributed by atoms with Crippen molar-refractivity contribution in [3.8, 4) is 22.9 Å². The predicted molar refractivity (Wildman–Crippen MR) is 149 cm³/mol. The molecule has 5 rings (SSSR count). The minimum absolute atomic E-state index is 0.102. The molecule has 38 heavy (non-hydrogen) atoms. The molecule has 0 bridgehead atoms. The number of piperidine rings is 1. The summed E-state index contributed by atoms with van der Waals surface area (Å²) in [6.45, 7) is 3.78. The lowest BCUT2D eigenvalue weighted by Crippen LogP contribution is -2.38. The molecular weight excluding hydrogens is 500 g/mol. The Hall–Kier alpha value is -4.02. The lowest BCUT2D eigenvalue weighted by atomic mass is 10.1. The lowest BCUT2D eigenvalue weighted by Gasteiger charge is -2.23. The normalized spacial score (nSPS) is 15.6. The van der Waals surface area contributed by atoms with E-state index >= 15 is 0 Å². The number of nitrogens with one attached hydrogen (secondary N) is 3. The fraction of sp³-hybridized carbons (Fsp3) is 0.250. The van der Waals surface area contributed by atoms with E-state index in [4.69, 9.17) is 9.72 Å². The Kier molecular flexibility index (Phi) is 7.81. The standard InChI is InChI=1S/C28H30N6O3S/c1-20-17-22(34-38(35,36)19-21-7-3-2-4-8-21)11-12-26(20)37-27-24(10-6-15-30-27)25-13-16-31-28(33-25)32-23-9-5-14-29-18-23/h2-4,6-8,10-13,15-17,23,29,34H,5,9,14,18-19H2,1H3,(H,31,32,33). The van der Waals surface area contributed by atoms with Crippen LogP contribution in [0.25, 0.3) is 11.3 Å². The lowest BCUT2D eigenvalue weighted by molar-refractivity contribution is 0.461. The van der Waals surface area contributed by atoms with Crippen molar-refractivity contribution in [1.82, 2.24) is 20.3 Å². The molecule has 2 aromatic heterocycles. The zero-order valence-electron chi connectivity index (χ0n) is 21.1. The Morgan fingerprint density at radius 3 is 2.68 bits per heavy atom. The Labute approximate surface area is 222 Å². The molecule has 1 atom stereocenters. The zero-order chi connectivity index (χ0) is 26.4. The van der Waals surface area contributed by atoms with Crippen molar-refractivity contribution >= 4 is 21.7 Å². The van der Waals surface area contributed by atoms with Gasteiger partial charge in [-0.15, -0.1) is 0 Å². The number of pyridine rings is 1. The van der Waals surface area contributed by atoms with Crippen LogP contribution in [-0.4, -0.2) is 42.5 Å². The molecule has 2 aromatic carbocycles. The van der Waals surface area contributed by atoms with Crippen LogP contribution >= 0.6 is 0 Å². The van der Waals surface area contributed by atoms with E-state index in [0.717, 1.165) is 42.6 Å². The van der Waals surface area contributed by atoms with Gasteiger partial charge in [-0.3, -0.25) is 4.72 Å². The van der Waals surface area contributed by atoms with Gasteiger partial charge in [-0.2, -0.15) is 0 Å². The zero-order valence-corrected chi connectivity index (χ0v) is 21.9. The van der Waals surface area contributed by atoms with E-state index in [2.05, 4.69) is 25.3 Å². The first-order valence-corrected chi connectivity index (χ1v) is 14.2. The number of sulfonamides is 1. The molecule has 1 saturated heterocycles. The number of aryl methyl sites for hydroxylation is 1. The van der Waals surface area contributed by atoms with Crippen LogP contribution in [0.1, 0.15) is 24.0 Å². The van der Waals surface area contributed by atoms with Gasteiger partial charge in [0.25, 0.3) is 0 Å². The Balaban J connectivity index is 1.31. The number of rotatable bonds is 9. The fourth-order valence-corrected chi connectivity index (χ4v) is 5.53. The van der Waals surface area contributed by atoms with Gasteiger partial charge in [0.05, 0.1) is 17.0 Å². The number of anilines is 2. The van der Waals surface area contributed by atoms with Gasteiger partial charge >= 0.3 is 0 Å². The van der Waals surface area contributed by atoms with Crippen molar-refractivity contribution in [2.75, 3.05) is 23.1 Å². The predicted octanol–water partition coefficient (Wildman–Crippen LogP) is 4.75. The third-order valence-corrected chi connectivity index (χ3v) is 7.45. The van der Waals surface area contributed by atoms with Crippen LogP contribution in [0.15, 0.2) is 79.1 Å². The first kappa shape index (κ1) is 25.6. The van der Waals surface area contributed by atoms with Crippen LogP contribution in [0, 0.1) is 6.92 Å². The molecular formula is C28H30N6O3S. The molecule has 1 aliphatic rings. The second-order valence-corrected chi connectivity index (χ2v) is 11.0. The molecule has 0 spiro atoms. The van der Waals surface area contributed by atoms with E-state index in [1.165, 1.54) is 0 Å². The second-order valence-electron chi connectivity index (χ2n) is 9.24. The molecule has 1 unspecified atom stereocenters. The summed E-state index contributed by atoms with van der Waals surface area (Å²) in [6.07, 6.45) is 5.57.